The normalized spacial score (nSPS) is 12.7. The molecular formula is C14H21BrO. The molecule has 0 saturated heterocycles. The van der Waals surface area contributed by atoms with Crippen LogP contribution in [-0.4, -0.2) is 18.5 Å². The molecule has 0 aliphatic carbocycles. The predicted octanol–water partition coefficient (Wildman–Crippen LogP) is 4.29. The van der Waals surface area contributed by atoms with Crippen LogP contribution in [0.1, 0.15) is 36.8 Å². The lowest BCUT2D eigenvalue weighted by atomic mass is 9.94. The van der Waals surface area contributed by atoms with Crippen molar-refractivity contribution in [2.45, 2.75) is 32.6 Å². The van der Waals surface area contributed by atoms with Crippen LogP contribution in [0.2, 0.25) is 0 Å². The number of benzene rings is 1. The molecular weight excluding hydrogens is 264 g/mol. The van der Waals surface area contributed by atoms with Crippen LogP contribution >= 0.6 is 15.9 Å². The second-order valence-corrected chi connectivity index (χ2v) is 4.76. The lowest BCUT2D eigenvalue weighted by Gasteiger charge is -2.16. The Labute approximate surface area is 107 Å². The van der Waals surface area contributed by atoms with Crippen LogP contribution in [0.5, 0.6) is 0 Å². The molecule has 0 aliphatic heterocycles. The minimum Gasteiger partial charge on any atom is -0.381 e. The third-order valence-corrected chi connectivity index (χ3v) is 3.56. The molecule has 2 heteroatoms. The predicted molar refractivity (Wildman–Crippen MR) is 73.4 cm³/mol. The lowest BCUT2D eigenvalue weighted by molar-refractivity contribution is 0.129. The van der Waals surface area contributed by atoms with Gasteiger partial charge in [-0.15, -0.1) is 0 Å². The zero-order valence-corrected chi connectivity index (χ0v) is 11.8. The van der Waals surface area contributed by atoms with Gasteiger partial charge in [0.2, 0.25) is 0 Å². The summed E-state index contributed by atoms with van der Waals surface area (Å²) in [5.41, 5.74) is 2.82. The second-order valence-electron chi connectivity index (χ2n) is 4.11. The van der Waals surface area contributed by atoms with Gasteiger partial charge in [0.25, 0.3) is 0 Å². The summed E-state index contributed by atoms with van der Waals surface area (Å²) in [7, 11) is 0. The van der Waals surface area contributed by atoms with Gasteiger partial charge >= 0.3 is 0 Å². The van der Waals surface area contributed by atoms with Crippen LogP contribution in [0.4, 0.5) is 0 Å². The minimum absolute atomic E-state index is 0.568. The van der Waals surface area contributed by atoms with Crippen molar-refractivity contribution in [2.75, 3.05) is 18.5 Å². The lowest BCUT2D eigenvalue weighted by Crippen LogP contribution is -2.07. The summed E-state index contributed by atoms with van der Waals surface area (Å²) < 4.78 is 5.56. The van der Waals surface area contributed by atoms with Gasteiger partial charge in [-0.25, -0.2) is 0 Å². The molecule has 0 spiro atoms. The third-order valence-electron chi connectivity index (χ3n) is 2.77. The van der Waals surface area contributed by atoms with Gasteiger partial charge in [0.15, 0.2) is 0 Å². The van der Waals surface area contributed by atoms with Crippen LogP contribution < -0.4 is 0 Å². The number of rotatable bonds is 7. The number of hydrogen-bond donors (Lipinski definition) is 0. The Hall–Kier alpha value is -0.340. The Morgan fingerprint density at radius 2 is 2.00 bits per heavy atom. The van der Waals surface area contributed by atoms with E-state index in [9.17, 15) is 0 Å². The highest BCUT2D eigenvalue weighted by Gasteiger charge is 2.11. The fourth-order valence-corrected chi connectivity index (χ4v) is 2.51. The molecule has 0 N–H and O–H groups in total. The Morgan fingerprint density at radius 3 is 2.62 bits per heavy atom. The zero-order chi connectivity index (χ0) is 11.8. The summed E-state index contributed by atoms with van der Waals surface area (Å²) in [6.45, 7) is 6.06. The Morgan fingerprint density at radius 1 is 1.25 bits per heavy atom. The van der Waals surface area contributed by atoms with Crippen LogP contribution in [0.15, 0.2) is 24.3 Å². The van der Waals surface area contributed by atoms with Crippen molar-refractivity contribution < 1.29 is 4.74 Å². The Bertz CT molecular complexity index is 299. The molecule has 1 aromatic rings. The maximum atomic E-state index is 5.56. The molecule has 0 saturated carbocycles. The molecule has 90 valence electrons. The largest absolute Gasteiger partial charge is 0.381 e. The van der Waals surface area contributed by atoms with Crippen molar-refractivity contribution in [3.63, 3.8) is 0 Å². The van der Waals surface area contributed by atoms with Crippen molar-refractivity contribution in [2.24, 2.45) is 0 Å². The van der Waals surface area contributed by atoms with E-state index < -0.39 is 0 Å². The van der Waals surface area contributed by atoms with Gasteiger partial charge in [0, 0.05) is 18.5 Å². The van der Waals surface area contributed by atoms with Crippen LogP contribution in [0, 0.1) is 6.92 Å². The summed E-state index contributed by atoms with van der Waals surface area (Å²) in [5.74, 6) is 0.568. The van der Waals surface area contributed by atoms with Crippen molar-refractivity contribution in [3.8, 4) is 0 Å². The highest BCUT2D eigenvalue weighted by atomic mass is 79.9. The second kappa shape index (κ2) is 7.86. The van der Waals surface area contributed by atoms with Gasteiger partial charge in [-0.3, -0.25) is 0 Å². The SMILES string of the molecule is CCCOCCC(CBr)c1ccccc1C. The first-order valence-electron chi connectivity index (χ1n) is 5.98. The zero-order valence-electron chi connectivity index (χ0n) is 10.2. The quantitative estimate of drug-likeness (QED) is 0.536. The van der Waals surface area contributed by atoms with Gasteiger partial charge in [-0.05, 0) is 36.8 Å². The highest BCUT2D eigenvalue weighted by Crippen LogP contribution is 2.24. The monoisotopic (exact) mass is 284 g/mol. The highest BCUT2D eigenvalue weighted by molar-refractivity contribution is 9.09. The standard InChI is InChI=1S/C14H21BrO/c1-3-9-16-10-8-13(11-15)14-7-5-4-6-12(14)2/h4-7,13H,3,8-11H2,1-2H3. The average Bonchev–Trinajstić information content (AvgIpc) is 2.31. The molecule has 0 bridgehead atoms. The van der Waals surface area contributed by atoms with E-state index in [0.717, 1.165) is 31.4 Å². The number of alkyl halides is 1. The van der Waals surface area contributed by atoms with E-state index in [2.05, 4.69) is 54.0 Å². The van der Waals surface area contributed by atoms with E-state index in [4.69, 9.17) is 4.74 Å². The fourth-order valence-electron chi connectivity index (χ4n) is 1.83. The Kier molecular flexibility index (Phi) is 6.74. The average molecular weight is 285 g/mol. The topological polar surface area (TPSA) is 9.23 Å². The Balaban J connectivity index is 2.51. The summed E-state index contributed by atoms with van der Waals surface area (Å²) in [4.78, 5) is 0. The summed E-state index contributed by atoms with van der Waals surface area (Å²) in [6.07, 6.45) is 2.19. The molecule has 0 aliphatic rings. The van der Waals surface area contributed by atoms with E-state index in [1.54, 1.807) is 0 Å². The van der Waals surface area contributed by atoms with E-state index >= 15 is 0 Å². The van der Waals surface area contributed by atoms with Gasteiger partial charge < -0.3 is 4.74 Å². The molecule has 0 aromatic heterocycles. The smallest absolute Gasteiger partial charge is 0.0472 e. The summed E-state index contributed by atoms with van der Waals surface area (Å²) in [5, 5.41) is 1.01. The molecule has 0 radical (unpaired) electrons. The van der Waals surface area contributed by atoms with Crippen molar-refractivity contribution in [3.05, 3.63) is 35.4 Å². The summed E-state index contributed by atoms with van der Waals surface area (Å²) >= 11 is 3.60. The van der Waals surface area contributed by atoms with E-state index in [1.165, 1.54) is 11.1 Å². The molecule has 0 fully saturated rings. The molecule has 16 heavy (non-hydrogen) atoms. The molecule has 1 nitrogen and oxygen atoms in total. The molecule has 0 heterocycles. The first-order valence-corrected chi connectivity index (χ1v) is 7.11. The van der Waals surface area contributed by atoms with Crippen LogP contribution in [0.3, 0.4) is 0 Å². The number of halogens is 1. The molecule has 1 aromatic carbocycles. The first kappa shape index (κ1) is 13.7. The van der Waals surface area contributed by atoms with Crippen molar-refractivity contribution >= 4 is 15.9 Å². The van der Waals surface area contributed by atoms with Gasteiger partial charge in [0.1, 0.15) is 0 Å². The number of aryl methyl sites for hydroxylation is 1. The van der Waals surface area contributed by atoms with Crippen molar-refractivity contribution in [1.82, 2.24) is 0 Å². The third kappa shape index (κ3) is 4.26. The van der Waals surface area contributed by atoms with Gasteiger partial charge in [0.05, 0.1) is 0 Å². The maximum absolute atomic E-state index is 5.56. The van der Waals surface area contributed by atoms with E-state index in [0.29, 0.717) is 5.92 Å². The van der Waals surface area contributed by atoms with Gasteiger partial charge in [-0.1, -0.05) is 47.1 Å². The fraction of sp³-hybridized carbons (Fsp3) is 0.571. The van der Waals surface area contributed by atoms with Crippen LogP contribution in [0.25, 0.3) is 0 Å². The van der Waals surface area contributed by atoms with Crippen molar-refractivity contribution in [1.29, 1.82) is 0 Å². The summed E-state index contributed by atoms with van der Waals surface area (Å²) in [6, 6.07) is 8.61. The van der Waals surface area contributed by atoms with Crippen LogP contribution in [-0.2, 0) is 4.74 Å². The molecule has 0 amide bonds. The van der Waals surface area contributed by atoms with E-state index in [-0.39, 0.29) is 0 Å². The molecule has 1 rings (SSSR count). The maximum Gasteiger partial charge on any atom is 0.0472 e. The number of hydrogen-bond acceptors (Lipinski definition) is 1. The first-order chi connectivity index (χ1) is 7.79. The number of ether oxygens (including phenoxy) is 1. The van der Waals surface area contributed by atoms with Gasteiger partial charge in [-0.2, -0.15) is 0 Å². The molecule has 1 unspecified atom stereocenters. The minimum atomic E-state index is 0.568. The van der Waals surface area contributed by atoms with E-state index in [1.807, 2.05) is 0 Å². The molecule has 1 atom stereocenters.